The van der Waals surface area contributed by atoms with Crippen molar-refractivity contribution in [3.63, 3.8) is 0 Å². The minimum atomic E-state index is -1.20. The molecule has 4 bridgehead atoms. The molecule has 5 heterocycles. The van der Waals surface area contributed by atoms with Gasteiger partial charge in [0.05, 0.1) is 36.2 Å². The van der Waals surface area contributed by atoms with E-state index >= 15 is 0 Å². The summed E-state index contributed by atoms with van der Waals surface area (Å²) in [4.78, 5) is 69.4. The average Bonchev–Trinajstić information content (AvgIpc) is 3.48. The summed E-state index contributed by atoms with van der Waals surface area (Å²) in [7, 11) is 3.13. The Hall–Kier alpha value is -3.72. The van der Waals surface area contributed by atoms with E-state index in [0.29, 0.717) is 33.8 Å². The molecular weight excluding hydrogens is 596 g/mol. The van der Waals surface area contributed by atoms with Crippen molar-refractivity contribution in [2.24, 2.45) is 0 Å². The zero-order chi connectivity index (χ0) is 31.4. The molecule has 1 aromatic carbocycles. The number of nitrogens with zero attached hydrogens (tertiary/aromatic N) is 2. The highest BCUT2D eigenvalue weighted by Crippen LogP contribution is 2.61. The number of allylic oxidation sites excluding steroid dienone is 2. The summed E-state index contributed by atoms with van der Waals surface area (Å²) in [6.45, 7) is 4.10. The fourth-order valence-corrected chi connectivity index (χ4v) is 9.05. The van der Waals surface area contributed by atoms with Crippen molar-refractivity contribution in [3.05, 3.63) is 39.2 Å². The Bertz CT molecular complexity index is 1650. The van der Waals surface area contributed by atoms with Crippen LogP contribution >= 0.6 is 11.8 Å². The van der Waals surface area contributed by atoms with E-state index < -0.39 is 59.2 Å². The first-order valence-electron chi connectivity index (χ1n) is 14.2. The second kappa shape index (κ2) is 10.2. The number of esters is 2. The summed E-state index contributed by atoms with van der Waals surface area (Å²) < 4.78 is 28.5. The number of thioether (sulfide) groups is 1. The van der Waals surface area contributed by atoms with Crippen LogP contribution in [-0.2, 0) is 33.4 Å². The van der Waals surface area contributed by atoms with Crippen LogP contribution < -0.4 is 14.2 Å². The Kier molecular flexibility index (Phi) is 6.70. The molecule has 13 nitrogen and oxygen atoms in total. The highest BCUT2D eigenvalue weighted by Gasteiger charge is 2.62. The number of methoxy groups -OCH3 is 1. The Labute approximate surface area is 256 Å². The van der Waals surface area contributed by atoms with E-state index in [4.69, 9.17) is 23.7 Å². The van der Waals surface area contributed by atoms with Crippen molar-refractivity contribution in [1.82, 2.24) is 9.80 Å². The number of benzene rings is 1. The number of ether oxygens (including phenoxy) is 5. The smallest absolute Gasteiger partial charge is 0.375 e. The lowest BCUT2D eigenvalue weighted by atomic mass is 9.70. The predicted molar refractivity (Wildman–Crippen MR) is 151 cm³/mol. The summed E-state index contributed by atoms with van der Waals surface area (Å²) in [5.41, 5.74) is 2.31. The van der Waals surface area contributed by atoms with Crippen molar-refractivity contribution >= 4 is 41.1 Å². The molecule has 0 radical (unpaired) electrons. The number of hydrogen-bond donors (Lipinski definition) is 1. The molecule has 6 aliphatic rings. The van der Waals surface area contributed by atoms with Gasteiger partial charge >= 0.3 is 11.9 Å². The van der Waals surface area contributed by atoms with E-state index in [-0.39, 0.29) is 54.0 Å². The minimum absolute atomic E-state index is 0.0414. The van der Waals surface area contributed by atoms with Crippen LogP contribution in [0.4, 0.5) is 0 Å². The van der Waals surface area contributed by atoms with Crippen LogP contribution in [0.3, 0.4) is 0 Å². The first kappa shape index (κ1) is 29.0. The summed E-state index contributed by atoms with van der Waals surface area (Å²) in [5.74, 6) is -2.48. The number of aliphatic hydroxyl groups is 1. The summed E-state index contributed by atoms with van der Waals surface area (Å²) >= 11 is 1.11. The van der Waals surface area contributed by atoms with Crippen molar-refractivity contribution in [2.45, 2.75) is 62.8 Å². The molecule has 1 N–H and O–H groups in total. The molecule has 0 aromatic heterocycles. The molecular formula is C30H30N2O11S. The molecule has 5 aliphatic heterocycles. The van der Waals surface area contributed by atoms with Gasteiger partial charge in [0, 0.05) is 46.4 Å². The van der Waals surface area contributed by atoms with Gasteiger partial charge in [0.25, 0.3) is 0 Å². The number of carbonyl (C=O) groups is 5. The standard InChI is InChI=1S/C30H30N2O11S/c1-10-22(35)13-6-14-29(37)32-15-7-40-30(38)16(34)8-44-28(21(32)20(31(14)4)17(13)23(36)25(10)39-5)19-18(15)27-26(41-9-42-27)11(2)24(19)43-12(3)33/h14-15,20-21,28-29,37H,6-9H2,1-5H3/t14?,15-,20?,21?,28+,29-/m0/s1. The molecule has 14 heteroatoms. The van der Waals surface area contributed by atoms with E-state index in [2.05, 4.69) is 0 Å². The monoisotopic (exact) mass is 626 g/mol. The molecule has 0 amide bonds. The molecule has 44 heavy (non-hydrogen) atoms. The number of fused-ring (bicyclic) bond motifs is 8. The number of rotatable bonds is 2. The first-order chi connectivity index (χ1) is 21.0. The Morgan fingerprint density at radius 1 is 1.05 bits per heavy atom. The van der Waals surface area contributed by atoms with Gasteiger partial charge in [0.1, 0.15) is 18.6 Å². The van der Waals surface area contributed by atoms with E-state index in [1.165, 1.54) is 14.0 Å². The normalized spacial score (nSPS) is 31.4. The highest BCUT2D eigenvalue weighted by atomic mass is 32.2. The number of likely N-dealkylation sites (N-methyl/N-ethyl adjacent to an activating group) is 1. The summed E-state index contributed by atoms with van der Waals surface area (Å²) in [5, 5.41) is 11.4. The van der Waals surface area contributed by atoms with Crippen LogP contribution in [-0.4, -0.2) is 102 Å². The number of carbonyl (C=O) groups excluding carboxylic acids is 5. The number of Topliss-reactive ketones (excluding diaryl/α,β-unsaturated/α-hetero) is 3. The quantitative estimate of drug-likeness (QED) is 0.215. The van der Waals surface area contributed by atoms with Crippen molar-refractivity contribution in [1.29, 1.82) is 0 Å². The fraction of sp³-hybridized carbons (Fsp3) is 0.500. The van der Waals surface area contributed by atoms with Crippen LogP contribution in [0, 0.1) is 6.92 Å². The van der Waals surface area contributed by atoms with Gasteiger partial charge in [-0.25, -0.2) is 4.79 Å². The number of ketones is 3. The SMILES string of the molecule is COC1=C(C)C(=O)C2=C(C1=O)C1C3[C@@H]4SCC(=O)C(=O)OC[C@@H](c5c6c(c(C)c(OC(C)=O)c54)OCO6)N3[C@@H](O)C(C2)N1C. The van der Waals surface area contributed by atoms with Crippen molar-refractivity contribution < 1.29 is 52.8 Å². The molecule has 0 saturated carbocycles. The number of piperazine rings is 1. The van der Waals surface area contributed by atoms with Crippen LogP contribution in [0.25, 0.3) is 0 Å². The third-order valence-corrected chi connectivity index (χ3v) is 10.8. The molecule has 232 valence electrons. The lowest BCUT2D eigenvalue weighted by Crippen LogP contribution is -2.73. The molecule has 3 unspecified atom stereocenters. The zero-order valence-electron chi connectivity index (χ0n) is 24.6. The Balaban J connectivity index is 1.53. The van der Waals surface area contributed by atoms with Gasteiger partial charge in [-0.1, -0.05) is 0 Å². The lowest BCUT2D eigenvalue weighted by Gasteiger charge is -2.62. The lowest BCUT2D eigenvalue weighted by molar-refractivity contribution is -0.179. The van der Waals surface area contributed by atoms with E-state index in [9.17, 15) is 29.1 Å². The molecule has 2 saturated heterocycles. The zero-order valence-corrected chi connectivity index (χ0v) is 25.4. The number of hydrogen-bond acceptors (Lipinski definition) is 14. The molecule has 1 aliphatic carbocycles. The largest absolute Gasteiger partial charge is 0.492 e. The van der Waals surface area contributed by atoms with Gasteiger partial charge in [-0.15, -0.1) is 11.8 Å². The second-order valence-electron chi connectivity index (χ2n) is 11.7. The molecule has 2 fully saturated rings. The first-order valence-corrected chi connectivity index (χ1v) is 15.2. The van der Waals surface area contributed by atoms with Crippen LogP contribution in [0.1, 0.15) is 48.3 Å². The van der Waals surface area contributed by atoms with Crippen LogP contribution in [0.15, 0.2) is 22.5 Å². The Morgan fingerprint density at radius 3 is 2.48 bits per heavy atom. The maximum atomic E-state index is 14.1. The van der Waals surface area contributed by atoms with E-state index in [1.54, 1.807) is 25.8 Å². The van der Waals surface area contributed by atoms with E-state index in [0.717, 1.165) is 11.8 Å². The van der Waals surface area contributed by atoms with Crippen molar-refractivity contribution in [3.8, 4) is 17.2 Å². The maximum absolute atomic E-state index is 14.1. The maximum Gasteiger partial charge on any atom is 0.375 e. The third kappa shape index (κ3) is 3.80. The van der Waals surface area contributed by atoms with Gasteiger partial charge in [-0.05, 0) is 27.3 Å². The van der Waals surface area contributed by atoms with Gasteiger partial charge in [0.2, 0.25) is 18.4 Å². The predicted octanol–water partition coefficient (Wildman–Crippen LogP) is 1.05. The number of cyclic esters (lactones) is 1. The third-order valence-electron chi connectivity index (χ3n) is 9.52. The van der Waals surface area contributed by atoms with Crippen LogP contribution in [0.2, 0.25) is 0 Å². The van der Waals surface area contributed by atoms with Gasteiger partial charge in [-0.3, -0.25) is 29.0 Å². The van der Waals surface area contributed by atoms with Crippen LogP contribution in [0.5, 0.6) is 17.2 Å². The van der Waals surface area contributed by atoms with Gasteiger partial charge in [0.15, 0.2) is 23.0 Å². The topological polar surface area (TPSA) is 158 Å². The highest BCUT2D eigenvalue weighted by molar-refractivity contribution is 8.00. The number of aliphatic hydroxyl groups excluding tert-OH is 1. The average molecular weight is 627 g/mol. The molecule has 1 aromatic rings. The van der Waals surface area contributed by atoms with Gasteiger partial charge in [-0.2, -0.15) is 0 Å². The Morgan fingerprint density at radius 2 is 1.77 bits per heavy atom. The van der Waals surface area contributed by atoms with Gasteiger partial charge < -0.3 is 28.8 Å². The summed E-state index contributed by atoms with van der Waals surface area (Å²) in [6, 6.07) is -3.01. The summed E-state index contributed by atoms with van der Waals surface area (Å²) in [6.07, 6.45) is -1.09. The van der Waals surface area contributed by atoms with E-state index in [1.807, 2.05) is 4.90 Å². The molecule has 0 spiro atoms. The second-order valence-corrected chi connectivity index (χ2v) is 12.8. The molecule has 6 atom stereocenters. The van der Waals surface area contributed by atoms with Crippen molar-refractivity contribution in [2.75, 3.05) is 33.3 Å². The fourth-order valence-electron chi connectivity index (χ4n) is 7.71. The molecule has 7 rings (SSSR count). The minimum Gasteiger partial charge on any atom is -0.492 e.